The predicted molar refractivity (Wildman–Crippen MR) is 153 cm³/mol. The van der Waals surface area contributed by atoms with Crippen LogP contribution in [0, 0.1) is 0 Å². The van der Waals surface area contributed by atoms with Gasteiger partial charge in [0.15, 0.2) is 5.69 Å². The molecule has 10 nitrogen and oxygen atoms in total. The molecular formula is C28H34N6O4S. The number of carbonyl (C=O) groups excluding carboxylic acids is 3. The highest BCUT2D eigenvalue weighted by Crippen LogP contribution is 2.35. The minimum atomic E-state index is -1.02. The molecular weight excluding hydrogens is 516 g/mol. The number of hydrogen-bond donors (Lipinski definition) is 3. The Labute approximate surface area is 232 Å². The number of amides is 3. The lowest BCUT2D eigenvalue weighted by Gasteiger charge is -2.32. The summed E-state index contributed by atoms with van der Waals surface area (Å²) in [6.07, 6.45) is 3.86. The number of aromatic nitrogens is 1. The number of carbonyl (C=O) groups is 3. The van der Waals surface area contributed by atoms with Gasteiger partial charge in [0.05, 0.1) is 12.3 Å². The Kier molecular flexibility index (Phi) is 8.70. The lowest BCUT2D eigenvalue weighted by Crippen LogP contribution is -2.46. The van der Waals surface area contributed by atoms with Crippen molar-refractivity contribution < 1.29 is 19.1 Å². The number of primary amides is 1. The zero-order valence-corrected chi connectivity index (χ0v) is 23.2. The van der Waals surface area contributed by atoms with Crippen molar-refractivity contribution in [3.05, 3.63) is 64.7 Å². The number of anilines is 3. The van der Waals surface area contributed by atoms with Crippen LogP contribution in [0.1, 0.15) is 64.4 Å². The summed E-state index contributed by atoms with van der Waals surface area (Å²) in [5.74, 6) is -1.07. The SMILES string of the molecule is CCOc1ccc(N(C(=O)c2snc(C(N)=O)c2N)[C@H](C(=O)NC2CCCC2)c2ccc(N(C)C)cc2)cc1. The van der Waals surface area contributed by atoms with Crippen LogP contribution in [-0.4, -0.2) is 48.8 Å². The monoisotopic (exact) mass is 550 g/mol. The van der Waals surface area contributed by atoms with E-state index in [4.69, 9.17) is 16.2 Å². The molecule has 4 rings (SSSR count). The molecule has 0 saturated heterocycles. The van der Waals surface area contributed by atoms with Crippen molar-refractivity contribution in [1.29, 1.82) is 0 Å². The maximum atomic E-state index is 14.2. The molecule has 3 aromatic rings. The van der Waals surface area contributed by atoms with Gasteiger partial charge in [0, 0.05) is 31.5 Å². The Morgan fingerprint density at radius 2 is 1.67 bits per heavy atom. The lowest BCUT2D eigenvalue weighted by atomic mass is 10.0. The maximum absolute atomic E-state index is 14.2. The summed E-state index contributed by atoms with van der Waals surface area (Å²) in [5.41, 5.74) is 13.3. The van der Waals surface area contributed by atoms with Crippen molar-refractivity contribution in [3.8, 4) is 5.75 Å². The quantitative estimate of drug-likeness (QED) is 0.349. The number of nitrogens with zero attached hydrogens (tertiary/aromatic N) is 3. The molecule has 0 bridgehead atoms. The predicted octanol–water partition coefficient (Wildman–Crippen LogP) is 3.74. The average Bonchev–Trinajstić information content (AvgIpc) is 3.57. The van der Waals surface area contributed by atoms with Crippen molar-refractivity contribution in [2.24, 2.45) is 5.73 Å². The highest BCUT2D eigenvalue weighted by molar-refractivity contribution is 7.09. The van der Waals surface area contributed by atoms with Gasteiger partial charge in [-0.15, -0.1) is 0 Å². The molecule has 39 heavy (non-hydrogen) atoms. The topological polar surface area (TPSA) is 144 Å². The number of nitrogens with two attached hydrogens (primary N) is 2. The molecule has 5 N–H and O–H groups in total. The van der Waals surface area contributed by atoms with Crippen LogP contribution in [0.4, 0.5) is 17.1 Å². The van der Waals surface area contributed by atoms with Gasteiger partial charge in [-0.1, -0.05) is 25.0 Å². The molecule has 0 aliphatic heterocycles. The summed E-state index contributed by atoms with van der Waals surface area (Å²) in [5, 5.41) is 3.16. The fraction of sp³-hybridized carbons (Fsp3) is 0.357. The molecule has 1 aliphatic carbocycles. The largest absolute Gasteiger partial charge is 0.494 e. The molecule has 11 heteroatoms. The van der Waals surface area contributed by atoms with Crippen molar-refractivity contribution in [2.75, 3.05) is 36.2 Å². The summed E-state index contributed by atoms with van der Waals surface area (Å²) in [6.45, 7) is 2.37. The zero-order chi connectivity index (χ0) is 28.1. The third-order valence-electron chi connectivity index (χ3n) is 6.73. The van der Waals surface area contributed by atoms with Crippen LogP contribution in [0.2, 0.25) is 0 Å². The highest BCUT2D eigenvalue weighted by atomic mass is 32.1. The third kappa shape index (κ3) is 6.14. The van der Waals surface area contributed by atoms with Crippen LogP contribution < -0.4 is 31.3 Å². The molecule has 0 spiro atoms. The van der Waals surface area contributed by atoms with Gasteiger partial charge in [-0.05, 0) is 73.3 Å². The van der Waals surface area contributed by atoms with Crippen LogP contribution in [0.5, 0.6) is 5.75 Å². The van der Waals surface area contributed by atoms with E-state index in [1.165, 1.54) is 4.90 Å². The first-order chi connectivity index (χ1) is 18.7. The molecule has 1 fully saturated rings. The van der Waals surface area contributed by atoms with Gasteiger partial charge in [-0.2, -0.15) is 4.37 Å². The standard InChI is InChI=1S/C28H34N6O4S/c1-4-38-21-15-13-20(14-16-21)34(28(37)25-22(29)23(26(30)35)32-39-25)24(27(36)31-18-7-5-6-8-18)17-9-11-19(12-10-17)33(2)3/h9-16,18,24H,4-8,29H2,1-3H3,(H2,30,35)(H,31,36)/t24-/m0/s1. The van der Waals surface area contributed by atoms with E-state index in [-0.39, 0.29) is 28.2 Å². The van der Waals surface area contributed by atoms with Gasteiger partial charge in [0.1, 0.15) is 16.7 Å². The second kappa shape index (κ2) is 12.2. The molecule has 206 valence electrons. The second-order valence-electron chi connectivity index (χ2n) is 9.62. The zero-order valence-electron chi connectivity index (χ0n) is 22.3. The normalized spacial score (nSPS) is 14.0. The number of benzene rings is 2. The van der Waals surface area contributed by atoms with Crippen LogP contribution >= 0.6 is 11.5 Å². The Balaban J connectivity index is 1.84. The van der Waals surface area contributed by atoms with Gasteiger partial charge >= 0.3 is 0 Å². The Morgan fingerprint density at radius 1 is 1.05 bits per heavy atom. The van der Waals surface area contributed by atoms with E-state index < -0.39 is 17.9 Å². The number of nitrogen functional groups attached to an aromatic ring is 1. The van der Waals surface area contributed by atoms with Gasteiger partial charge in [0.2, 0.25) is 5.91 Å². The minimum absolute atomic E-state index is 0.0289. The van der Waals surface area contributed by atoms with E-state index in [1.807, 2.05) is 50.2 Å². The van der Waals surface area contributed by atoms with Gasteiger partial charge < -0.3 is 26.4 Å². The van der Waals surface area contributed by atoms with E-state index in [9.17, 15) is 14.4 Å². The lowest BCUT2D eigenvalue weighted by molar-refractivity contribution is -0.123. The minimum Gasteiger partial charge on any atom is -0.494 e. The van der Waals surface area contributed by atoms with E-state index >= 15 is 0 Å². The molecule has 0 radical (unpaired) electrons. The first kappa shape index (κ1) is 27.9. The summed E-state index contributed by atoms with van der Waals surface area (Å²) < 4.78 is 9.60. The molecule has 1 aliphatic rings. The summed E-state index contributed by atoms with van der Waals surface area (Å²) in [7, 11) is 3.86. The molecule has 0 unspecified atom stereocenters. The van der Waals surface area contributed by atoms with E-state index in [0.717, 1.165) is 42.9 Å². The van der Waals surface area contributed by atoms with E-state index in [1.54, 1.807) is 24.3 Å². The number of ether oxygens (including phenoxy) is 1. The fourth-order valence-corrected chi connectivity index (χ4v) is 5.46. The van der Waals surface area contributed by atoms with Crippen molar-refractivity contribution >= 4 is 46.3 Å². The Morgan fingerprint density at radius 3 is 2.21 bits per heavy atom. The molecule has 1 heterocycles. The molecule has 1 aromatic heterocycles. The summed E-state index contributed by atoms with van der Waals surface area (Å²) >= 11 is 0.780. The van der Waals surface area contributed by atoms with Crippen molar-refractivity contribution in [2.45, 2.75) is 44.7 Å². The van der Waals surface area contributed by atoms with Gasteiger partial charge in [-0.3, -0.25) is 19.3 Å². The Bertz CT molecular complexity index is 1320. The van der Waals surface area contributed by atoms with Gasteiger partial charge in [0.25, 0.3) is 11.8 Å². The number of nitrogens with one attached hydrogen (secondary N) is 1. The van der Waals surface area contributed by atoms with Crippen LogP contribution in [-0.2, 0) is 4.79 Å². The van der Waals surface area contributed by atoms with Gasteiger partial charge in [-0.25, -0.2) is 0 Å². The van der Waals surface area contributed by atoms with Crippen molar-refractivity contribution in [1.82, 2.24) is 9.69 Å². The Hall–Kier alpha value is -4.12. The van der Waals surface area contributed by atoms with Crippen LogP contribution in [0.3, 0.4) is 0 Å². The smallest absolute Gasteiger partial charge is 0.273 e. The van der Waals surface area contributed by atoms with Crippen LogP contribution in [0.25, 0.3) is 0 Å². The van der Waals surface area contributed by atoms with E-state index in [2.05, 4.69) is 9.69 Å². The van der Waals surface area contributed by atoms with Crippen molar-refractivity contribution in [3.63, 3.8) is 0 Å². The second-order valence-corrected chi connectivity index (χ2v) is 10.4. The molecule has 3 amide bonds. The highest BCUT2D eigenvalue weighted by Gasteiger charge is 2.37. The molecule has 1 atom stereocenters. The third-order valence-corrected chi connectivity index (χ3v) is 7.58. The maximum Gasteiger partial charge on any atom is 0.273 e. The average molecular weight is 551 g/mol. The summed E-state index contributed by atoms with van der Waals surface area (Å²) in [4.78, 5) is 43.4. The molecule has 2 aromatic carbocycles. The molecule has 1 saturated carbocycles. The van der Waals surface area contributed by atoms with E-state index in [0.29, 0.717) is 23.6 Å². The first-order valence-corrected chi connectivity index (χ1v) is 13.7. The number of hydrogen-bond acceptors (Lipinski definition) is 8. The van der Waals surface area contributed by atoms with Crippen LogP contribution in [0.15, 0.2) is 48.5 Å². The first-order valence-electron chi connectivity index (χ1n) is 12.9. The fourth-order valence-electron chi connectivity index (χ4n) is 4.71. The summed E-state index contributed by atoms with van der Waals surface area (Å²) in [6, 6.07) is 13.4. The number of rotatable bonds is 10.